The Labute approximate surface area is 91.3 Å². The molecule has 0 saturated heterocycles. The van der Waals surface area contributed by atoms with Gasteiger partial charge in [0.2, 0.25) is 5.91 Å². The standard InChI is InChI=1S/C9H20N2O3S/c1-7(15(4,13)14)8(12)11-9(2,3)5-6-10/h7H,5-6,10H2,1-4H3,(H,11,12). The van der Waals surface area contributed by atoms with E-state index in [1.165, 1.54) is 6.92 Å². The van der Waals surface area contributed by atoms with E-state index >= 15 is 0 Å². The van der Waals surface area contributed by atoms with Gasteiger partial charge in [-0.05, 0) is 33.7 Å². The third-order valence-electron chi connectivity index (χ3n) is 2.24. The van der Waals surface area contributed by atoms with E-state index in [1.54, 1.807) is 0 Å². The van der Waals surface area contributed by atoms with Gasteiger partial charge in [0.25, 0.3) is 0 Å². The quantitative estimate of drug-likeness (QED) is 0.683. The number of rotatable bonds is 5. The highest BCUT2D eigenvalue weighted by Crippen LogP contribution is 2.08. The lowest BCUT2D eigenvalue weighted by molar-refractivity contribution is -0.122. The van der Waals surface area contributed by atoms with Crippen LogP contribution in [0.25, 0.3) is 0 Å². The molecule has 0 aromatic rings. The molecule has 1 unspecified atom stereocenters. The predicted molar refractivity (Wildman–Crippen MR) is 60.2 cm³/mol. The fraction of sp³-hybridized carbons (Fsp3) is 0.889. The second-order valence-corrected chi connectivity index (χ2v) is 6.75. The zero-order valence-corrected chi connectivity index (χ0v) is 10.5. The van der Waals surface area contributed by atoms with Crippen molar-refractivity contribution in [2.24, 2.45) is 5.73 Å². The molecule has 1 atom stereocenters. The molecular weight excluding hydrogens is 216 g/mol. The second kappa shape index (κ2) is 4.94. The van der Waals surface area contributed by atoms with Gasteiger partial charge < -0.3 is 11.1 Å². The smallest absolute Gasteiger partial charge is 0.238 e. The van der Waals surface area contributed by atoms with Gasteiger partial charge >= 0.3 is 0 Å². The van der Waals surface area contributed by atoms with Gasteiger partial charge in [-0.1, -0.05) is 0 Å². The number of hydrogen-bond donors (Lipinski definition) is 2. The molecule has 0 fully saturated rings. The summed E-state index contributed by atoms with van der Waals surface area (Å²) in [6.45, 7) is 5.45. The van der Waals surface area contributed by atoms with E-state index in [1.807, 2.05) is 13.8 Å². The van der Waals surface area contributed by atoms with Crippen LogP contribution in [0.15, 0.2) is 0 Å². The molecule has 0 aromatic carbocycles. The molecule has 3 N–H and O–H groups in total. The van der Waals surface area contributed by atoms with Crippen molar-refractivity contribution in [2.75, 3.05) is 12.8 Å². The number of amides is 1. The van der Waals surface area contributed by atoms with Crippen LogP contribution in [0, 0.1) is 0 Å². The highest BCUT2D eigenvalue weighted by Gasteiger charge is 2.28. The molecule has 90 valence electrons. The predicted octanol–water partition coefficient (Wildman–Crippen LogP) is -0.337. The first-order valence-electron chi connectivity index (χ1n) is 4.81. The minimum absolute atomic E-state index is 0.445. The first kappa shape index (κ1) is 14.4. The van der Waals surface area contributed by atoms with Gasteiger partial charge in [-0.2, -0.15) is 0 Å². The minimum atomic E-state index is -3.33. The average molecular weight is 236 g/mol. The van der Waals surface area contributed by atoms with Crippen LogP contribution in [0.1, 0.15) is 27.2 Å². The van der Waals surface area contributed by atoms with E-state index < -0.39 is 26.5 Å². The molecule has 6 heteroatoms. The van der Waals surface area contributed by atoms with E-state index in [-0.39, 0.29) is 0 Å². The normalized spacial score (nSPS) is 14.7. The van der Waals surface area contributed by atoms with E-state index in [0.29, 0.717) is 13.0 Å². The summed E-state index contributed by atoms with van der Waals surface area (Å²) in [4.78, 5) is 11.5. The van der Waals surface area contributed by atoms with Crippen LogP contribution in [-0.2, 0) is 14.6 Å². The topological polar surface area (TPSA) is 89.3 Å². The van der Waals surface area contributed by atoms with Gasteiger partial charge in [0.05, 0.1) is 0 Å². The maximum atomic E-state index is 11.5. The van der Waals surface area contributed by atoms with E-state index in [0.717, 1.165) is 6.26 Å². The average Bonchev–Trinajstić information content (AvgIpc) is 1.99. The van der Waals surface area contributed by atoms with Gasteiger partial charge in [0.15, 0.2) is 9.84 Å². The van der Waals surface area contributed by atoms with Crippen molar-refractivity contribution in [3.63, 3.8) is 0 Å². The Hall–Kier alpha value is -0.620. The summed E-state index contributed by atoms with van der Waals surface area (Å²) in [5.41, 5.74) is 4.92. The van der Waals surface area contributed by atoms with Gasteiger partial charge in [-0.3, -0.25) is 4.79 Å². The molecule has 5 nitrogen and oxygen atoms in total. The first-order chi connectivity index (χ1) is 6.60. The lowest BCUT2D eigenvalue weighted by Crippen LogP contribution is -2.49. The Morgan fingerprint density at radius 2 is 1.93 bits per heavy atom. The van der Waals surface area contributed by atoms with Crippen molar-refractivity contribution in [1.82, 2.24) is 5.32 Å². The molecule has 0 rings (SSSR count). The second-order valence-electron chi connectivity index (χ2n) is 4.38. The summed E-state index contributed by atoms with van der Waals surface area (Å²) >= 11 is 0. The van der Waals surface area contributed by atoms with Crippen molar-refractivity contribution < 1.29 is 13.2 Å². The molecule has 0 heterocycles. The molecule has 0 spiro atoms. The number of nitrogens with one attached hydrogen (secondary N) is 1. The Kier molecular flexibility index (Phi) is 4.73. The Morgan fingerprint density at radius 1 is 1.47 bits per heavy atom. The Morgan fingerprint density at radius 3 is 2.27 bits per heavy atom. The Bertz CT molecular complexity index is 322. The molecule has 0 aromatic heterocycles. The third-order valence-corrected chi connectivity index (χ3v) is 3.74. The number of carbonyl (C=O) groups excluding carboxylic acids is 1. The molecule has 0 aliphatic rings. The molecule has 0 aliphatic heterocycles. The largest absolute Gasteiger partial charge is 0.350 e. The van der Waals surface area contributed by atoms with Crippen LogP contribution in [-0.4, -0.2) is 37.9 Å². The summed E-state index contributed by atoms with van der Waals surface area (Å²) in [6.07, 6.45) is 1.66. The van der Waals surface area contributed by atoms with Gasteiger partial charge in [-0.25, -0.2) is 8.42 Å². The number of carbonyl (C=O) groups is 1. The van der Waals surface area contributed by atoms with Crippen LogP contribution >= 0.6 is 0 Å². The zero-order chi connectivity index (χ0) is 12.3. The number of sulfone groups is 1. The van der Waals surface area contributed by atoms with Crippen LogP contribution in [0.3, 0.4) is 0 Å². The summed E-state index contributed by atoms with van der Waals surface area (Å²) in [5.74, 6) is -0.476. The number of hydrogen-bond acceptors (Lipinski definition) is 4. The fourth-order valence-electron chi connectivity index (χ4n) is 1.05. The van der Waals surface area contributed by atoms with Gasteiger partial charge in [-0.15, -0.1) is 0 Å². The highest BCUT2D eigenvalue weighted by atomic mass is 32.2. The van der Waals surface area contributed by atoms with Crippen LogP contribution in [0.2, 0.25) is 0 Å². The summed E-state index contributed by atoms with van der Waals surface area (Å²) in [6, 6.07) is 0. The monoisotopic (exact) mass is 236 g/mol. The van der Waals surface area contributed by atoms with Crippen LogP contribution < -0.4 is 11.1 Å². The summed E-state index contributed by atoms with van der Waals surface area (Å²) < 4.78 is 22.3. The number of nitrogens with two attached hydrogens (primary N) is 1. The van der Waals surface area contributed by atoms with E-state index in [9.17, 15) is 13.2 Å². The van der Waals surface area contributed by atoms with Gasteiger partial charge in [0, 0.05) is 11.8 Å². The SMILES string of the molecule is CC(C(=O)NC(C)(C)CCN)S(C)(=O)=O. The van der Waals surface area contributed by atoms with E-state index in [2.05, 4.69) is 5.32 Å². The molecule has 0 saturated carbocycles. The fourth-order valence-corrected chi connectivity index (χ4v) is 1.50. The Balaban J connectivity index is 4.51. The lowest BCUT2D eigenvalue weighted by Gasteiger charge is -2.27. The molecule has 15 heavy (non-hydrogen) atoms. The molecular formula is C9H20N2O3S. The molecule has 0 bridgehead atoms. The third kappa shape index (κ3) is 5.13. The van der Waals surface area contributed by atoms with Crippen LogP contribution in [0.4, 0.5) is 0 Å². The van der Waals surface area contributed by atoms with Crippen molar-refractivity contribution >= 4 is 15.7 Å². The van der Waals surface area contributed by atoms with Crippen molar-refractivity contribution in [3.8, 4) is 0 Å². The first-order valence-corrected chi connectivity index (χ1v) is 6.76. The van der Waals surface area contributed by atoms with Crippen molar-refractivity contribution in [2.45, 2.75) is 38.0 Å². The van der Waals surface area contributed by atoms with E-state index in [4.69, 9.17) is 5.73 Å². The van der Waals surface area contributed by atoms with Crippen molar-refractivity contribution in [3.05, 3.63) is 0 Å². The minimum Gasteiger partial charge on any atom is -0.350 e. The van der Waals surface area contributed by atoms with Crippen LogP contribution in [0.5, 0.6) is 0 Å². The van der Waals surface area contributed by atoms with Gasteiger partial charge in [0.1, 0.15) is 5.25 Å². The zero-order valence-electron chi connectivity index (χ0n) is 9.70. The maximum Gasteiger partial charge on any atom is 0.238 e. The maximum absolute atomic E-state index is 11.5. The van der Waals surface area contributed by atoms with Crippen molar-refractivity contribution in [1.29, 1.82) is 0 Å². The highest BCUT2D eigenvalue weighted by molar-refractivity contribution is 7.92. The summed E-state index contributed by atoms with van der Waals surface area (Å²) in [7, 11) is -3.33. The lowest BCUT2D eigenvalue weighted by atomic mass is 10.0. The summed E-state index contributed by atoms with van der Waals surface area (Å²) in [5, 5.41) is 1.65. The molecule has 0 aliphatic carbocycles. The molecule has 1 amide bonds. The molecule has 0 radical (unpaired) electrons.